The van der Waals surface area contributed by atoms with E-state index in [0.717, 1.165) is 5.75 Å². The summed E-state index contributed by atoms with van der Waals surface area (Å²) in [5, 5.41) is 2.69. The van der Waals surface area contributed by atoms with Crippen molar-refractivity contribution in [3.63, 3.8) is 0 Å². The molecule has 118 valence electrons. The van der Waals surface area contributed by atoms with Crippen molar-refractivity contribution in [3.8, 4) is 11.5 Å². The number of ether oxygens (including phenoxy) is 3. The van der Waals surface area contributed by atoms with Crippen LogP contribution in [0.4, 0.5) is 0 Å². The zero-order chi connectivity index (χ0) is 15.8. The third-order valence-corrected chi connectivity index (χ3v) is 2.92. The lowest BCUT2D eigenvalue weighted by Crippen LogP contribution is -2.26. The summed E-state index contributed by atoms with van der Waals surface area (Å²) >= 11 is 0. The van der Waals surface area contributed by atoms with E-state index in [9.17, 15) is 4.79 Å². The molecule has 0 aliphatic carbocycles. The summed E-state index contributed by atoms with van der Waals surface area (Å²) in [4.78, 5) is 11.8. The minimum Gasteiger partial charge on any atom is -0.497 e. The molecule has 0 bridgehead atoms. The van der Waals surface area contributed by atoms with E-state index in [2.05, 4.69) is 5.32 Å². The molecule has 1 amide bonds. The Morgan fingerprint density at radius 2 is 1.82 bits per heavy atom. The molecule has 1 aromatic heterocycles. The first-order valence-corrected chi connectivity index (χ1v) is 6.85. The normalized spacial score (nSPS) is 10.3. The molecule has 0 radical (unpaired) electrons. The fourth-order valence-corrected chi connectivity index (χ4v) is 1.76. The van der Waals surface area contributed by atoms with Crippen LogP contribution in [0.25, 0.3) is 0 Å². The van der Waals surface area contributed by atoms with E-state index in [1.165, 1.54) is 0 Å². The first-order chi connectivity index (χ1) is 10.7. The maximum atomic E-state index is 11.8. The molecule has 1 heterocycles. The van der Waals surface area contributed by atoms with E-state index in [1.54, 1.807) is 38.5 Å². The molecule has 1 aromatic carbocycles. The van der Waals surface area contributed by atoms with E-state index < -0.39 is 0 Å². The third kappa shape index (κ3) is 4.53. The standard InChI is InChI=1S/C16H19NO5/c1-19-10-9-17-16(18)15-8-7-14(22-15)11-21-13-5-3-12(20-2)4-6-13/h3-8H,9-11H2,1-2H3,(H,17,18). The van der Waals surface area contributed by atoms with Gasteiger partial charge in [0.05, 0.1) is 13.7 Å². The van der Waals surface area contributed by atoms with Gasteiger partial charge in [-0.2, -0.15) is 0 Å². The number of carbonyl (C=O) groups excluding carboxylic acids is 1. The number of nitrogens with one attached hydrogen (secondary N) is 1. The minimum atomic E-state index is -0.271. The van der Waals surface area contributed by atoms with Crippen LogP contribution in [0.5, 0.6) is 11.5 Å². The number of furan rings is 1. The van der Waals surface area contributed by atoms with E-state index in [4.69, 9.17) is 18.6 Å². The Hall–Kier alpha value is -2.47. The van der Waals surface area contributed by atoms with Gasteiger partial charge >= 0.3 is 0 Å². The van der Waals surface area contributed by atoms with Crippen molar-refractivity contribution in [3.05, 3.63) is 47.9 Å². The number of benzene rings is 1. The molecular weight excluding hydrogens is 286 g/mol. The second kappa shape index (κ2) is 8.09. The van der Waals surface area contributed by atoms with Crippen molar-refractivity contribution in [2.24, 2.45) is 0 Å². The van der Waals surface area contributed by atoms with Gasteiger partial charge in [0.15, 0.2) is 5.76 Å². The van der Waals surface area contributed by atoms with Gasteiger partial charge in [-0.05, 0) is 36.4 Å². The zero-order valence-electron chi connectivity index (χ0n) is 12.6. The lowest BCUT2D eigenvalue weighted by molar-refractivity contribution is 0.0905. The predicted octanol–water partition coefficient (Wildman–Crippen LogP) is 2.24. The van der Waals surface area contributed by atoms with Crippen LogP contribution in [0.1, 0.15) is 16.3 Å². The molecule has 0 fully saturated rings. The van der Waals surface area contributed by atoms with Gasteiger partial charge in [-0.3, -0.25) is 4.79 Å². The van der Waals surface area contributed by atoms with Crippen LogP contribution in [-0.4, -0.2) is 33.3 Å². The highest BCUT2D eigenvalue weighted by atomic mass is 16.5. The fourth-order valence-electron chi connectivity index (χ4n) is 1.76. The van der Waals surface area contributed by atoms with Crippen LogP contribution in [0.3, 0.4) is 0 Å². The van der Waals surface area contributed by atoms with Crippen LogP contribution in [0.2, 0.25) is 0 Å². The minimum absolute atomic E-state index is 0.248. The summed E-state index contributed by atoms with van der Waals surface area (Å²) in [6.07, 6.45) is 0. The maximum Gasteiger partial charge on any atom is 0.287 e. The number of amides is 1. The van der Waals surface area contributed by atoms with Gasteiger partial charge < -0.3 is 23.9 Å². The largest absolute Gasteiger partial charge is 0.497 e. The lowest BCUT2D eigenvalue weighted by atomic mass is 10.3. The Morgan fingerprint density at radius 1 is 1.09 bits per heavy atom. The van der Waals surface area contributed by atoms with Crippen LogP contribution < -0.4 is 14.8 Å². The molecule has 0 unspecified atom stereocenters. The predicted molar refractivity (Wildman–Crippen MR) is 80.2 cm³/mol. The highest BCUT2D eigenvalue weighted by molar-refractivity contribution is 5.91. The van der Waals surface area contributed by atoms with Gasteiger partial charge in [-0.25, -0.2) is 0 Å². The first-order valence-electron chi connectivity index (χ1n) is 6.85. The summed E-state index contributed by atoms with van der Waals surface area (Å²) < 4.78 is 21.0. The molecule has 2 aromatic rings. The molecule has 1 N–H and O–H groups in total. The van der Waals surface area contributed by atoms with Crippen molar-refractivity contribution in [2.45, 2.75) is 6.61 Å². The number of hydrogen-bond donors (Lipinski definition) is 1. The molecule has 0 saturated carbocycles. The highest BCUT2D eigenvalue weighted by Crippen LogP contribution is 2.18. The molecule has 0 aliphatic heterocycles. The monoisotopic (exact) mass is 305 g/mol. The van der Waals surface area contributed by atoms with Crippen LogP contribution >= 0.6 is 0 Å². The number of hydrogen-bond acceptors (Lipinski definition) is 5. The summed E-state index contributed by atoms with van der Waals surface area (Å²) in [5.74, 6) is 2.02. The van der Waals surface area contributed by atoms with Gasteiger partial charge in [-0.1, -0.05) is 0 Å². The summed E-state index contributed by atoms with van der Waals surface area (Å²) in [6.45, 7) is 1.14. The van der Waals surface area contributed by atoms with Crippen LogP contribution in [-0.2, 0) is 11.3 Å². The topological polar surface area (TPSA) is 69.9 Å². The van der Waals surface area contributed by atoms with Gasteiger partial charge in [0.25, 0.3) is 5.91 Å². The van der Waals surface area contributed by atoms with Crippen molar-refractivity contribution in [1.29, 1.82) is 0 Å². The molecule has 2 rings (SSSR count). The lowest BCUT2D eigenvalue weighted by Gasteiger charge is -2.05. The third-order valence-electron chi connectivity index (χ3n) is 2.92. The zero-order valence-corrected chi connectivity index (χ0v) is 12.6. The number of methoxy groups -OCH3 is 2. The molecule has 0 saturated heterocycles. The molecule has 0 atom stereocenters. The molecule has 0 spiro atoms. The van der Waals surface area contributed by atoms with E-state index >= 15 is 0 Å². The Morgan fingerprint density at radius 3 is 2.50 bits per heavy atom. The summed E-state index contributed by atoms with van der Waals surface area (Å²) in [7, 11) is 3.19. The van der Waals surface area contributed by atoms with E-state index in [0.29, 0.717) is 24.7 Å². The fraction of sp³-hybridized carbons (Fsp3) is 0.312. The average molecular weight is 305 g/mol. The molecule has 6 heteroatoms. The van der Waals surface area contributed by atoms with Crippen molar-refractivity contribution in [2.75, 3.05) is 27.4 Å². The molecule has 22 heavy (non-hydrogen) atoms. The van der Waals surface area contributed by atoms with E-state index in [-0.39, 0.29) is 18.3 Å². The summed E-state index contributed by atoms with van der Waals surface area (Å²) in [5.41, 5.74) is 0. The van der Waals surface area contributed by atoms with Gasteiger partial charge in [-0.15, -0.1) is 0 Å². The van der Waals surface area contributed by atoms with Crippen LogP contribution in [0.15, 0.2) is 40.8 Å². The Labute approximate surface area is 129 Å². The second-order valence-corrected chi connectivity index (χ2v) is 4.48. The Balaban J connectivity index is 1.84. The van der Waals surface area contributed by atoms with Crippen LogP contribution in [0, 0.1) is 0 Å². The van der Waals surface area contributed by atoms with Crippen molar-refractivity contribution < 1.29 is 23.4 Å². The van der Waals surface area contributed by atoms with Crippen molar-refractivity contribution in [1.82, 2.24) is 5.32 Å². The SMILES string of the molecule is COCCNC(=O)c1ccc(COc2ccc(OC)cc2)o1. The number of carbonyl (C=O) groups is 1. The van der Waals surface area contributed by atoms with Crippen molar-refractivity contribution >= 4 is 5.91 Å². The Kier molecular flexibility index (Phi) is 5.85. The Bertz CT molecular complexity index is 591. The van der Waals surface area contributed by atoms with E-state index in [1.807, 2.05) is 12.1 Å². The smallest absolute Gasteiger partial charge is 0.287 e. The van der Waals surface area contributed by atoms with Gasteiger partial charge in [0.1, 0.15) is 23.9 Å². The maximum absolute atomic E-state index is 11.8. The molecule has 0 aliphatic rings. The number of rotatable bonds is 8. The first kappa shape index (κ1) is 15.9. The molecule has 6 nitrogen and oxygen atoms in total. The second-order valence-electron chi connectivity index (χ2n) is 4.48. The quantitative estimate of drug-likeness (QED) is 0.757. The van der Waals surface area contributed by atoms with Gasteiger partial charge in [0, 0.05) is 13.7 Å². The average Bonchev–Trinajstić information content (AvgIpc) is 3.02. The molecular formula is C16H19NO5. The highest BCUT2D eigenvalue weighted by Gasteiger charge is 2.10. The van der Waals surface area contributed by atoms with Gasteiger partial charge in [0.2, 0.25) is 0 Å². The summed E-state index contributed by atoms with van der Waals surface area (Å²) in [6, 6.07) is 10.6.